The molecule has 31 heavy (non-hydrogen) atoms. The van der Waals surface area contributed by atoms with Crippen molar-refractivity contribution in [3.63, 3.8) is 0 Å². The molecule has 0 spiro atoms. The maximum Gasteiger partial charge on any atom is 0.230 e. The Kier molecular flexibility index (Phi) is 6.19. The number of ether oxygens (including phenoxy) is 1. The summed E-state index contributed by atoms with van der Waals surface area (Å²) in [5, 5.41) is 12.9. The SMILES string of the molecule is COCCn1c(SCC(=O)N[C@H]2C[C@H]3CC[C@@]2(C)C3(C)C)nnc1-c1cccc(C)c1. The van der Waals surface area contributed by atoms with Crippen LogP contribution < -0.4 is 5.32 Å². The van der Waals surface area contributed by atoms with Gasteiger partial charge in [-0.05, 0) is 49.0 Å². The van der Waals surface area contributed by atoms with Gasteiger partial charge < -0.3 is 10.1 Å². The molecule has 6 nitrogen and oxygen atoms in total. The van der Waals surface area contributed by atoms with E-state index in [9.17, 15) is 4.79 Å². The van der Waals surface area contributed by atoms with Crippen LogP contribution in [0.1, 0.15) is 45.6 Å². The molecule has 4 rings (SSSR count). The molecule has 7 heteroatoms. The van der Waals surface area contributed by atoms with Crippen LogP contribution in [0.3, 0.4) is 0 Å². The van der Waals surface area contributed by atoms with Crippen molar-refractivity contribution in [2.24, 2.45) is 16.7 Å². The second kappa shape index (κ2) is 8.58. The minimum atomic E-state index is 0.0815. The summed E-state index contributed by atoms with van der Waals surface area (Å²) in [6.07, 6.45) is 3.59. The zero-order chi connectivity index (χ0) is 22.2. The molecule has 3 atom stereocenters. The van der Waals surface area contributed by atoms with E-state index in [2.05, 4.69) is 59.9 Å². The molecule has 2 aliphatic carbocycles. The van der Waals surface area contributed by atoms with E-state index in [1.54, 1.807) is 7.11 Å². The first-order valence-electron chi connectivity index (χ1n) is 11.2. The third kappa shape index (κ3) is 4.02. The highest BCUT2D eigenvalue weighted by atomic mass is 32.2. The Balaban J connectivity index is 1.44. The number of nitrogens with one attached hydrogen (secondary N) is 1. The van der Waals surface area contributed by atoms with Gasteiger partial charge >= 0.3 is 0 Å². The molecule has 0 unspecified atom stereocenters. The maximum atomic E-state index is 12.8. The van der Waals surface area contributed by atoms with Gasteiger partial charge in [-0.1, -0.05) is 56.3 Å². The highest BCUT2D eigenvalue weighted by Crippen LogP contribution is 2.65. The molecule has 1 aromatic carbocycles. The van der Waals surface area contributed by atoms with Gasteiger partial charge in [0.1, 0.15) is 0 Å². The second-order valence-electron chi connectivity index (χ2n) is 9.84. The van der Waals surface area contributed by atoms with E-state index in [1.807, 2.05) is 12.1 Å². The van der Waals surface area contributed by atoms with Crippen LogP contribution in [0.15, 0.2) is 29.4 Å². The first kappa shape index (κ1) is 22.3. The fourth-order valence-electron chi connectivity index (χ4n) is 5.57. The van der Waals surface area contributed by atoms with Crippen molar-refractivity contribution in [3.05, 3.63) is 29.8 Å². The number of nitrogens with zero attached hydrogens (tertiary/aromatic N) is 3. The highest BCUT2D eigenvalue weighted by Gasteiger charge is 2.61. The summed E-state index contributed by atoms with van der Waals surface area (Å²) in [7, 11) is 1.69. The van der Waals surface area contributed by atoms with E-state index in [-0.39, 0.29) is 17.4 Å². The molecule has 1 amide bonds. The van der Waals surface area contributed by atoms with E-state index in [1.165, 1.54) is 30.2 Å². The fourth-order valence-corrected chi connectivity index (χ4v) is 6.34. The van der Waals surface area contributed by atoms with Crippen LogP contribution in [0.4, 0.5) is 0 Å². The lowest BCUT2D eigenvalue weighted by Gasteiger charge is -2.39. The monoisotopic (exact) mass is 442 g/mol. The van der Waals surface area contributed by atoms with Crippen LogP contribution >= 0.6 is 11.8 Å². The van der Waals surface area contributed by atoms with Crippen molar-refractivity contribution in [3.8, 4) is 11.4 Å². The molecule has 0 radical (unpaired) electrons. The van der Waals surface area contributed by atoms with Crippen molar-refractivity contribution in [2.45, 2.75) is 64.7 Å². The number of fused-ring (bicyclic) bond motifs is 2. The van der Waals surface area contributed by atoms with Gasteiger partial charge in [-0.2, -0.15) is 0 Å². The Labute approximate surface area is 189 Å². The summed E-state index contributed by atoms with van der Waals surface area (Å²) < 4.78 is 7.35. The first-order valence-corrected chi connectivity index (χ1v) is 12.2. The van der Waals surface area contributed by atoms with E-state index < -0.39 is 0 Å². The van der Waals surface area contributed by atoms with Gasteiger partial charge in [0.2, 0.25) is 5.91 Å². The van der Waals surface area contributed by atoms with Gasteiger partial charge in [0.25, 0.3) is 0 Å². The molecule has 1 heterocycles. The van der Waals surface area contributed by atoms with Crippen molar-refractivity contribution in [2.75, 3.05) is 19.5 Å². The standard InChI is InChI=1S/C24H34N4O2S/c1-16-7-6-8-17(13-16)21-26-27-22(28(21)11-12-30-5)31-15-20(29)25-19-14-18-9-10-24(19,4)23(18,2)3/h6-8,13,18-19H,9-12,14-15H2,1-5H3,(H,25,29)/t18-,19+,24-/m1/s1. The number of aryl methyl sites for hydroxylation is 1. The highest BCUT2D eigenvalue weighted by molar-refractivity contribution is 7.99. The lowest BCUT2D eigenvalue weighted by Crippen LogP contribution is -2.47. The lowest BCUT2D eigenvalue weighted by atomic mass is 9.69. The van der Waals surface area contributed by atoms with Crippen molar-refractivity contribution < 1.29 is 9.53 Å². The number of methoxy groups -OCH3 is 1. The molecule has 2 aliphatic rings. The molecular formula is C24H34N4O2S. The summed E-state index contributed by atoms with van der Waals surface area (Å²) in [5.41, 5.74) is 2.68. The largest absolute Gasteiger partial charge is 0.383 e. The predicted molar refractivity (Wildman–Crippen MR) is 124 cm³/mol. The quantitative estimate of drug-likeness (QED) is 0.617. The number of carbonyl (C=O) groups is 1. The van der Waals surface area contributed by atoms with Crippen molar-refractivity contribution >= 4 is 17.7 Å². The molecule has 0 saturated heterocycles. The minimum Gasteiger partial charge on any atom is -0.383 e. The van der Waals surface area contributed by atoms with Gasteiger partial charge in [0.15, 0.2) is 11.0 Å². The lowest BCUT2D eigenvalue weighted by molar-refractivity contribution is -0.120. The first-order chi connectivity index (χ1) is 14.8. The second-order valence-corrected chi connectivity index (χ2v) is 10.8. The number of thioether (sulfide) groups is 1. The van der Waals surface area contributed by atoms with Crippen molar-refractivity contribution in [1.82, 2.24) is 20.1 Å². The Morgan fingerprint density at radius 3 is 2.77 bits per heavy atom. The molecule has 2 fully saturated rings. The van der Waals surface area contributed by atoms with E-state index >= 15 is 0 Å². The van der Waals surface area contributed by atoms with Gasteiger partial charge in [-0.25, -0.2) is 0 Å². The average Bonchev–Trinajstić information content (AvgIpc) is 3.29. The van der Waals surface area contributed by atoms with Crippen molar-refractivity contribution in [1.29, 1.82) is 0 Å². The number of amides is 1. The van der Waals surface area contributed by atoms with Crippen LogP contribution in [-0.2, 0) is 16.1 Å². The van der Waals surface area contributed by atoms with Crippen LogP contribution in [0.5, 0.6) is 0 Å². The smallest absolute Gasteiger partial charge is 0.230 e. The van der Waals surface area contributed by atoms with Gasteiger partial charge in [-0.3, -0.25) is 9.36 Å². The van der Waals surface area contributed by atoms with Gasteiger partial charge in [0.05, 0.1) is 18.9 Å². The number of carbonyl (C=O) groups excluding carboxylic acids is 1. The number of hydrogen-bond donors (Lipinski definition) is 1. The Morgan fingerprint density at radius 2 is 2.13 bits per heavy atom. The third-order valence-corrected chi connectivity index (χ3v) is 8.94. The normalized spacial score (nSPS) is 26.4. The third-order valence-electron chi connectivity index (χ3n) is 7.97. The number of benzene rings is 1. The van der Waals surface area contributed by atoms with Crippen LogP contribution in [0.2, 0.25) is 0 Å². The Hall–Kier alpha value is -1.86. The summed E-state index contributed by atoms with van der Waals surface area (Å²) in [5.74, 6) is 1.95. The minimum absolute atomic E-state index is 0.0815. The average molecular weight is 443 g/mol. The Bertz CT molecular complexity index is 957. The van der Waals surface area contributed by atoms with Gasteiger partial charge in [-0.15, -0.1) is 10.2 Å². The van der Waals surface area contributed by atoms with E-state index in [0.29, 0.717) is 30.2 Å². The Morgan fingerprint density at radius 1 is 1.32 bits per heavy atom. The molecular weight excluding hydrogens is 408 g/mol. The summed E-state index contributed by atoms with van der Waals surface area (Å²) >= 11 is 1.45. The van der Waals surface area contributed by atoms with Crippen LogP contribution in [0.25, 0.3) is 11.4 Å². The van der Waals surface area contributed by atoms with Crippen LogP contribution in [0, 0.1) is 23.7 Å². The van der Waals surface area contributed by atoms with E-state index in [4.69, 9.17) is 4.74 Å². The molecule has 1 aromatic heterocycles. The van der Waals surface area contributed by atoms with Gasteiger partial charge in [0, 0.05) is 18.7 Å². The molecule has 2 aromatic rings. The molecule has 2 saturated carbocycles. The topological polar surface area (TPSA) is 69.0 Å². The molecule has 168 valence electrons. The number of hydrogen-bond acceptors (Lipinski definition) is 5. The maximum absolute atomic E-state index is 12.8. The molecule has 1 N–H and O–H groups in total. The summed E-state index contributed by atoms with van der Waals surface area (Å²) in [6, 6.07) is 8.50. The van der Waals surface area contributed by atoms with E-state index in [0.717, 1.165) is 23.0 Å². The molecule has 2 bridgehead atoms. The summed E-state index contributed by atoms with van der Waals surface area (Å²) in [4.78, 5) is 12.8. The fraction of sp³-hybridized carbons (Fsp3) is 0.625. The zero-order valence-corrected chi connectivity index (χ0v) is 20.1. The summed E-state index contributed by atoms with van der Waals surface area (Å²) in [6.45, 7) is 10.4. The number of aromatic nitrogens is 3. The predicted octanol–water partition coefficient (Wildman–Crippen LogP) is 4.32. The zero-order valence-electron chi connectivity index (χ0n) is 19.3. The van der Waals surface area contributed by atoms with Crippen LogP contribution in [-0.4, -0.2) is 46.2 Å². The molecule has 0 aliphatic heterocycles. The number of rotatable bonds is 8.